The van der Waals surface area contributed by atoms with Gasteiger partial charge in [0.1, 0.15) is 7.05 Å². The zero-order valence-electron chi connectivity index (χ0n) is 16.7. The van der Waals surface area contributed by atoms with E-state index in [9.17, 15) is 5.26 Å². The van der Waals surface area contributed by atoms with Crippen molar-refractivity contribution < 1.29 is 9.13 Å². The Morgan fingerprint density at radius 3 is 2.39 bits per heavy atom. The number of hydrogen-bond donors (Lipinski definition) is 0. The maximum absolute atomic E-state index is 9.68. The second-order valence-corrected chi connectivity index (χ2v) is 7.29. The molecule has 0 aliphatic carbocycles. The number of aryl methyl sites for hydroxylation is 3. The first-order chi connectivity index (χ1) is 13.5. The SMILES string of the molecule is Cc1cc2ccccc2[n+](C)c1-c1cc(C#N)cc(-[n+]2ccccc2C)c1C. The smallest absolute Gasteiger partial charge is 0.194 e. The summed E-state index contributed by atoms with van der Waals surface area (Å²) in [6.45, 7) is 6.36. The summed E-state index contributed by atoms with van der Waals surface area (Å²) in [5.74, 6) is 0. The maximum atomic E-state index is 9.68. The minimum absolute atomic E-state index is 0.666. The molecule has 2 heterocycles. The molecule has 0 fully saturated rings. The van der Waals surface area contributed by atoms with Crippen molar-refractivity contribution in [3.05, 3.63) is 89.2 Å². The molecule has 2 aromatic carbocycles. The van der Waals surface area contributed by atoms with E-state index in [0.29, 0.717) is 5.56 Å². The summed E-state index contributed by atoms with van der Waals surface area (Å²) in [6, 6.07) is 23.1. The van der Waals surface area contributed by atoms with Crippen LogP contribution < -0.4 is 9.13 Å². The van der Waals surface area contributed by atoms with E-state index in [-0.39, 0.29) is 0 Å². The van der Waals surface area contributed by atoms with Crippen LogP contribution in [0.4, 0.5) is 0 Å². The van der Waals surface area contributed by atoms with E-state index in [1.54, 1.807) is 0 Å². The predicted molar refractivity (Wildman–Crippen MR) is 111 cm³/mol. The minimum atomic E-state index is 0.666. The molecule has 4 rings (SSSR count). The third kappa shape index (κ3) is 2.84. The Labute approximate surface area is 165 Å². The van der Waals surface area contributed by atoms with Crippen LogP contribution in [0.5, 0.6) is 0 Å². The monoisotopic (exact) mass is 365 g/mol. The maximum Gasteiger partial charge on any atom is 0.216 e. The Morgan fingerprint density at radius 2 is 1.64 bits per heavy atom. The Balaban J connectivity index is 2.07. The summed E-state index contributed by atoms with van der Waals surface area (Å²) >= 11 is 0. The number of para-hydroxylation sites is 1. The molecule has 0 radical (unpaired) electrons. The lowest BCUT2D eigenvalue weighted by Gasteiger charge is -2.12. The lowest BCUT2D eigenvalue weighted by atomic mass is 9.96. The molecule has 0 N–H and O–H groups in total. The largest absolute Gasteiger partial charge is 0.216 e. The van der Waals surface area contributed by atoms with E-state index < -0.39 is 0 Å². The lowest BCUT2D eigenvalue weighted by molar-refractivity contribution is -0.634. The number of nitrogens with zero attached hydrogens (tertiary/aromatic N) is 3. The highest BCUT2D eigenvalue weighted by Gasteiger charge is 2.25. The van der Waals surface area contributed by atoms with E-state index in [1.807, 2.05) is 24.3 Å². The van der Waals surface area contributed by atoms with Gasteiger partial charge in [0.25, 0.3) is 0 Å². The molecule has 2 aromatic heterocycles. The molecule has 3 heteroatoms. The van der Waals surface area contributed by atoms with Gasteiger partial charge in [-0.2, -0.15) is 14.4 Å². The van der Waals surface area contributed by atoms with Crippen molar-refractivity contribution >= 4 is 10.9 Å². The van der Waals surface area contributed by atoms with Gasteiger partial charge in [-0.15, -0.1) is 0 Å². The lowest BCUT2D eigenvalue weighted by Crippen LogP contribution is -2.36. The highest BCUT2D eigenvalue weighted by atomic mass is 15.0. The van der Waals surface area contributed by atoms with E-state index >= 15 is 0 Å². The molecule has 0 atom stereocenters. The second kappa shape index (κ2) is 6.90. The fourth-order valence-corrected chi connectivity index (χ4v) is 4.05. The normalized spacial score (nSPS) is 10.8. The first-order valence-corrected chi connectivity index (χ1v) is 9.42. The van der Waals surface area contributed by atoms with Gasteiger partial charge < -0.3 is 0 Å². The fourth-order valence-electron chi connectivity index (χ4n) is 4.05. The number of nitriles is 1. The Hall–Kier alpha value is -3.51. The molecular formula is C25H23N3+2. The van der Waals surface area contributed by atoms with Gasteiger partial charge in [-0.25, -0.2) is 0 Å². The third-order valence-corrected chi connectivity index (χ3v) is 5.47. The molecule has 136 valence electrons. The van der Waals surface area contributed by atoms with Crippen LogP contribution in [-0.4, -0.2) is 0 Å². The van der Waals surface area contributed by atoms with Crippen LogP contribution in [-0.2, 0) is 7.05 Å². The fraction of sp³-hybridized carbons (Fsp3) is 0.160. The van der Waals surface area contributed by atoms with Crippen LogP contribution in [0.25, 0.3) is 27.8 Å². The van der Waals surface area contributed by atoms with Crippen molar-refractivity contribution in [1.82, 2.24) is 0 Å². The summed E-state index contributed by atoms with van der Waals surface area (Å²) in [7, 11) is 2.10. The van der Waals surface area contributed by atoms with Crippen LogP contribution in [0.15, 0.2) is 66.9 Å². The van der Waals surface area contributed by atoms with Crippen molar-refractivity contribution in [2.45, 2.75) is 20.8 Å². The molecule has 0 unspecified atom stereocenters. The predicted octanol–water partition coefficient (Wildman–Crippen LogP) is 4.40. The van der Waals surface area contributed by atoms with E-state index in [4.69, 9.17) is 0 Å². The number of aromatic nitrogens is 2. The van der Waals surface area contributed by atoms with Gasteiger partial charge in [0.2, 0.25) is 16.9 Å². The van der Waals surface area contributed by atoms with Crippen LogP contribution >= 0.6 is 0 Å². The van der Waals surface area contributed by atoms with Crippen LogP contribution in [0.2, 0.25) is 0 Å². The van der Waals surface area contributed by atoms with Crippen molar-refractivity contribution in [1.29, 1.82) is 5.26 Å². The van der Waals surface area contributed by atoms with Gasteiger partial charge in [-0.05, 0) is 32.0 Å². The number of fused-ring (bicyclic) bond motifs is 1. The van der Waals surface area contributed by atoms with Crippen molar-refractivity contribution in [3.63, 3.8) is 0 Å². The van der Waals surface area contributed by atoms with E-state index in [2.05, 4.69) is 85.6 Å². The highest BCUT2D eigenvalue weighted by Crippen LogP contribution is 2.29. The minimum Gasteiger partial charge on any atom is -0.194 e. The molecule has 0 spiro atoms. The summed E-state index contributed by atoms with van der Waals surface area (Å²) in [5, 5.41) is 10.9. The van der Waals surface area contributed by atoms with Gasteiger partial charge >= 0.3 is 0 Å². The van der Waals surface area contributed by atoms with Gasteiger partial charge in [0.15, 0.2) is 11.9 Å². The molecule has 0 bridgehead atoms. The molecule has 28 heavy (non-hydrogen) atoms. The molecular weight excluding hydrogens is 342 g/mol. The number of benzene rings is 2. The summed E-state index contributed by atoms with van der Waals surface area (Å²) < 4.78 is 4.39. The zero-order chi connectivity index (χ0) is 19.8. The number of hydrogen-bond acceptors (Lipinski definition) is 1. The van der Waals surface area contributed by atoms with Gasteiger partial charge in [0, 0.05) is 47.7 Å². The number of pyridine rings is 2. The van der Waals surface area contributed by atoms with Gasteiger partial charge in [-0.1, -0.05) is 18.2 Å². The topological polar surface area (TPSA) is 31.5 Å². The zero-order valence-corrected chi connectivity index (χ0v) is 16.7. The van der Waals surface area contributed by atoms with E-state index in [1.165, 1.54) is 16.5 Å². The Bertz CT molecular complexity index is 1260. The molecule has 0 saturated carbocycles. The molecule has 0 saturated heterocycles. The Kier molecular flexibility index (Phi) is 4.41. The highest BCUT2D eigenvalue weighted by molar-refractivity contribution is 5.80. The average Bonchev–Trinajstić information content (AvgIpc) is 2.70. The summed E-state index contributed by atoms with van der Waals surface area (Å²) in [5.41, 5.74) is 8.60. The van der Waals surface area contributed by atoms with Crippen molar-refractivity contribution in [3.8, 4) is 23.0 Å². The molecule has 0 aliphatic rings. The standard InChI is InChI=1S/C25H23N3/c1-17-13-21-10-5-6-11-23(21)27(4)25(17)22-14-20(16-26)15-24(19(22)3)28-12-8-7-9-18(28)2/h5-15H,1-4H3/q+2. The summed E-state index contributed by atoms with van der Waals surface area (Å²) in [4.78, 5) is 0. The molecule has 4 aromatic rings. The van der Waals surface area contributed by atoms with Crippen molar-refractivity contribution in [2.75, 3.05) is 0 Å². The summed E-state index contributed by atoms with van der Waals surface area (Å²) in [6.07, 6.45) is 2.05. The quantitative estimate of drug-likeness (QED) is 0.484. The van der Waals surface area contributed by atoms with Crippen LogP contribution in [0, 0.1) is 32.1 Å². The van der Waals surface area contributed by atoms with E-state index in [0.717, 1.165) is 28.2 Å². The van der Waals surface area contributed by atoms with Crippen molar-refractivity contribution in [2.24, 2.45) is 7.05 Å². The number of rotatable bonds is 2. The van der Waals surface area contributed by atoms with Crippen LogP contribution in [0.3, 0.4) is 0 Å². The molecule has 0 aliphatic heterocycles. The first-order valence-electron chi connectivity index (χ1n) is 9.42. The Morgan fingerprint density at radius 1 is 0.893 bits per heavy atom. The third-order valence-electron chi connectivity index (χ3n) is 5.47. The van der Waals surface area contributed by atoms with Gasteiger partial charge in [-0.3, -0.25) is 0 Å². The second-order valence-electron chi connectivity index (χ2n) is 7.29. The first kappa shape index (κ1) is 17.9. The average molecular weight is 365 g/mol. The van der Waals surface area contributed by atoms with Gasteiger partial charge in [0.05, 0.1) is 17.2 Å². The molecule has 0 amide bonds. The van der Waals surface area contributed by atoms with Crippen LogP contribution in [0.1, 0.15) is 22.4 Å². The molecule has 3 nitrogen and oxygen atoms in total.